The molecular weight excluding hydrogens is 787 g/mol. The minimum absolute atomic E-state index is 0.0169. The quantitative estimate of drug-likeness (QED) is 0.181. The maximum absolute atomic E-state index is 14.2. The maximum Gasteiger partial charge on any atom is 0.339 e. The summed E-state index contributed by atoms with van der Waals surface area (Å²) in [7, 11) is 1.41. The van der Waals surface area contributed by atoms with E-state index in [1.165, 1.54) is 13.2 Å². The molecule has 0 saturated heterocycles. The van der Waals surface area contributed by atoms with Crippen LogP contribution in [0.25, 0.3) is 0 Å². The average Bonchev–Trinajstić information content (AvgIpc) is 3.58. The summed E-state index contributed by atoms with van der Waals surface area (Å²) >= 11 is 12.6. The number of nitrogens with one attached hydrogen (secondary N) is 1. The lowest BCUT2D eigenvalue weighted by molar-refractivity contribution is -0.121. The molecule has 4 aliphatic rings. The Morgan fingerprint density at radius 2 is 1.27 bits per heavy atom. The number of nitrogens with zero attached hydrogens (tertiary/aromatic N) is 1. The Bertz CT molecular complexity index is 2590. The molecule has 5 aromatic carbocycles. The van der Waals surface area contributed by atoms with Gasteiger partial charge in [0, 0.05) is 15.7 Å². The average molecular weight is 834 g/mol. The fourth-order valence-electron chi connectivity index (χ4n) is 8.72. The number of amides is 2. The summed E-state index contributed by atoms with van der Waals surface area (Å²) in [5.41, 5.74) is 5.54. The topological polar surface area (TPSA) is 114 Å². The van der Waals surface area contributed by atoms with Gasteiger partial charge in [-0.05, 0) is 167 Å². The highest BCUT2D eigenvalue weighted by Crippen LogP contribution is 2.51. The molecule has 2 N–H and O–H groups in total. The molecule has 0 spiro atoms. The number of ether oxygens (including phenoxy) is 3. The molecule has 4 heterocycles. The van der Waals surface area contributed by atoms with Crippen LogP contribution >= 0.6 is 23.2 Å². The van der Waals surface area contributed by atoms with Crippen LogP contribution in [0.2, 0.25) is 10.0 Å². The number of carboxylic acids is 1. The monoisotopic (exact) mass is 832 g/mol. The number of carboxylic acid groups (broad SMARTS) is 1. The normalized spacial score (nSPS) is 21.7. The van der Waals surface area contributed by atoms with E-state index in [0.717, 1.165) is 76.3 Å². The Morgan fingerprint density at radius 1 is 0.712 bits per heavy atom. The van der Waals surface area contributed by atoms with Gasteiger partial charge in [0.05, 0.1) is 29.3 Å². The summed E-state index contributed by atoms with van der Waals surface area (Å²) in [5, 5.41) is 13.8. The molecular formula is C48H46Cl2N2O7. The van der Waals surface area contributed by atoms with E-state index in [1.807, 2.05) is 62.4 Å². The number of hydrogen-bond donors (Lipinski definition) is 2. The highest BCUT2D eigenvalue weighted by molar-refractivity contribution is 6.31. The first kappa shape index (κ1) is 40.3. The van der Waals surface area contributed by atoms with Gasteiger partial charge in [-0.1, -0.05) is 47.5 Å². The molecule has 0 aliphatic carbocycles. The molecule has 9 nitrogen and oxygen atoms in total. The predicted molar refractivity (Wildman–Crippen MR) is 230 cm³/mol. The number of fused-ring (bicyclic) bond motifs is 4. The second kappa shape index (κ2) is 14.3. The molecule has 0 unspecified atom stereocenters. The van der Waals surface area contributed by atoms with Crippen molar-refractivity contribution in [3.05, 3.63) is 140 Å². The SMILES string of the molecule is CC1(C)CCc2cc([C@]3(C)C(=O)Nc4ccc(Cl)cc43)ccc2O1.COc1ccc(N2C(=O)[C@@](C)(c3ccc4c(c3)CCC(C)(C)O4)c3cc(Cl)ccc32)cc1C(=O)O. The van der Waals surface area contributed by atoms with Gasteiger partial charge in [-0.2, -0.15) is 0 Å². The van der Waals surface area contributed by atoms with Gasteiger partial charge in [0.2, 0.25) is 11.8 Å². The fourth-order valence-corrected chi connectivity index (χ4v) is 9.07. The molecule has 0 bridgehead atoms. The van der Waals surface area contributed by atoms with Crippen LogP contribution in [0.4, 0.5) is 17.1 Å². The van der Waals surface area contributed by atoms with Crippen LogP contribution in [-0.2, 0) is 33.3 Å². The van der Waals surface area contributed by atoms with Crippen LogP contribution in [0.5, 0.6) is 17.2 Å². The van der Waals surface area contributed by atoms with Crippen LogP contribution in [0.1, 0.15) is 98.1 Å². The smallest absolute Gasteiger partial charge is 0.339 e. The highest BCUT2D eigenvalue weighted by atomic mass is 35.5. The van der Waals surface area contributed by atoms with Crippen molar-refractivity contribution < 1.29 is 33.7 Å². The number of anilines is 3. The molecule has 0 saturated carbocycles. The van der Waals surface area contributed by atoms with Gasteiger partial charge >= 0.3 is 5.97 Å². The van der Waals surface area contributed by atoms with Crippen molar-refractivity contribution in [3.63, 3.8) is 0 Å². The lowest BCUT2D eigenvalue weighted by Gasteiger charge is -2.34. The van der Waals surface area contributed by atoms with Crippen molar-refractivity contribution >= 4 is 58.0 Å². The third kappa shape index (κ3) is 6.88. The third-order valence-electron chi connectivity index (χ3n) is 12.3. The van der Waals surface area contributed by atoms with Crippen molar-refractivity contribution in [2.24, 2.45) is 0 Å². The lowest BCUT2D eigenvalue weighted by Crippen LogP contribution is -2.37. The Balaban J connectivity index is 0.000000176. The first-order valence-corrected chi connectivity index (χ1v) is 20.4. The van der Waals surface area contributed by atoms with Crippen molar-refractivity contribution in [2.75, 3.05) is 17.3 Å². The van der Waals surface area contributed by atoms with E-state index in [9.17, 15) is 19.5 Å². The van der Waals surface area contributed by atoms with E-state index >= 15 is 0 Å². The fraction of sp³-hybridized carbons (Fsp3) is 0.312. The van der Waals surface area contributed by atoms with Gasteiger partial charge < -0.3 is 24.6 Å². The van der Waals surface area contributed by atoms with Gasteiger partial charge in [-0.15, -0.1) is 0 Å². The minimum atomic E-state index is -1.13. The predicted octanol–water partition coefficient (Wildman–Crippen LogP) is 10.8. The summed E-state index contributed by atoms with van der Waals surface area (Å²) in [6, 6.07) is 27.6. The van der Waals surface area contributed by atoms with Crippen LogP contribution in [-0.4, -0.2) is 41.2 Å². The standard InChI is InChI=1S/C28H26ClNO5.C20H20ClNO2/c1-27(2)12-11-16-13-17(5-9-23(16)35-27)28(3)21-14-18(29)6-8-22(21)30(26(28)33)19-7-10-24(34-4)20(15-19)25(31)32;1-19(2)9-8-12-10-13(4-7-17(12)24-19)20(3)15-11-14(21)5-6-16(15)22-18(20)23/h5-10,13-15H,11-12H2,1-4H3,(H,31,32);4-7,10-11H,8-9H2,1-3H3,(H,22,23)/t28-;20-/m00/s1. The molecule has 0 fully saturated rings. The summed E-state index contributed by atoms with van der Waals surface area (Å²) in [6.07, 6.45) is 3.66. The zero-order chi connectivity index (χ0) is 42.2. The molecule has 2 atom stereocenters. The largest absolute Gasteiger partial charge is 0.496 e. The number of methoxy groups -OCH3 is 1. The van der Waals surface area contributed by atoms with E-state index in [-0.39, 0.29) is 34.3 Å². The van der Waals surface area contributed by atoms with E-state index in [1.54, 1.807) is 35.2 Å². The van der Waals surface area contributed by atoms with Gasteiger partial charge in [0.15, 0.2) is 0 Å². The van der Waals surface area contributed by atoms with Crippen LogP contribution < -0.4 is 24.4 Å². The van der Waals surface area contributed by atoms with Crippen LogP contribution in [0.3, 0.4) is 0 Å². The van der Waals surface area contributed by atoms with E-state index < -0.39 is 16.8 Å². The highest BCUT2D eigenvalue weighted by Gasteiger charge is 2.50. The summed E-state index contributed by atoms with van der Waals surface area (Å²) < 4.78 is 17.4. The zero-order valence-corrected chi connectivity index (χ0v) is 35.6. The Kier molecular flexibility index (Phi) is 9.79. The number of carbonyl (C=O) groups is 3. The zero-order valence-electron chi connectivity index (χ0n) is 34.1. The minimum Gasteiger partial charge on any atom is -0.496 e. The molecule has 0 radical (unpaired) electrons. The first-order valence-electron chi connectivity index (χ1n) is 19.7. The Hall–Kier alpha value is -5.51. The number of hydrogen-bond acceptors (Lipinski definition) is 6. The number of aryl methyl sites for hydroxylation is 2. The maximum atomic E-state index is 14.2. The molecule has 59 heavy (non-hydrogen) atoms. The number of carbonyl (C=O) groups excluding carboxylic acids is 2. The van der Waals surface area contributed by atoms with Gasteiger partial charge in [-0.25, -0.2) is 4.79 Å². The molecule has 0 aromatic heterocycles. The first-order chi connectivity index (χ1) is 27.8. The summed E-state index contributed by atoms with van der Waals surface area (Å²) in [6.45, 7) is 12.2. The second-order valence-electron chi connectivity index (χ2n) is 17.3. The van der Waals surface area contributed by atoms with E-state index in [4.69, 9.17) is 37.4 Å². The Morgan fingerprint density at radius 3 is 1.85 bits per heavy atom. The molecule has 2 amide bonds. The number of aromatic carboxylic acids is 1. The molecule has 5 aromatic rings. The van der Waals surface area contributed by atoms with Crippen molar-refractivity contribution in [2.45, 2.75) is 89.3 Å². The van der Waals surface area contributed by atoms with Gasteiger partial charge in [0.25, 0.3) is 0 Å². The molecule has 4 aliphatic heterocycles. The van der Waals surface area contributed by atoms with Crippen LogP contribution in [0.15, 0.2) is 91.0 Å². The van der Waals surface area contributed by atoms with Gasteiger partial charge in [-0.3, -0.25) is 14.5 Å². The molecule has 9 rings (SSSR count). The van der Waals surface area contributed by atoms with E-state index in [0.29, 0.717) is 21.4 Å². The number of benzene rings is 5. The lowest BCUT2D eigenvalue weighted by atomic mass is 9.76. The van der Waals surface area contributed by atoms with E-state index in [2.05, 4.69) is 39.1 Å². The molecule has 304 valence electrons. The Labute approximate surface area is 354 Å². The van der Waals surface area contributed by atoms with Gasteiger partial charge in [0.1, 0.15) is 34.0 Å². The summed E-state index contributed by atoms with van der Waals surface area (Å²) in [4.78, 5) is 40.3. The van der Waals surface area contributed by atoms with Crippen LogP contribution in [0, 0.1) is 0 Å². The van der Waals surface area contributed by atoms with Crippen molar-refractivity contribution in [1.82, 2.24) is 0 Å². The van der Waals surface area contributed by atoms with Crippen molar-refractivity contribution in [1.29, 1.82) is 0 Å². The third-order valence-corrected chi connectivity index (χ3v) is 12.8. The summed E-state index contributed by atoms with van der Waals surface area (Å²) in [5.74, 6) is 0.647. The van der Waals surface area contributed by atoms with Crippen molar-refractivity contribution in [3.8, 4) is 17.2 Å². The molecule has 11 heteroatoms. The number of halogens is 2. The number of rotatable bonds is 5. The second-order valence-corrected chi connectivity index (χ2v) is 18.1.